The van der Waals surface area contributed by atoms with Gasteiger partial charge in [-0.2, -0.15) is 0 Å². The Hall–Kier alpha value is -2.41. The maximum atomic E-state index is 11.2. The van der Waals surface area contributed by atoms with Crippen LogP contribution in [-0.2, 0) is 4.79 Å². The molecule has 2 aliphatic rings. The molecule has 1 unspecified atom stereocenters. The molecular formula is C26H30O. The summed E-state index contributed by atoms with van der Waals surface area (Å²) in [5.41, 5.74) is 10.5. The molecule has 0 aliphatic heterocycles. The second kappa shape index (κ2) is 8.08. The molecule has 0 N–H and O–H groups in total. The van der Waals surface area contributed by atoms with E-state index in [1.165, 1.54) is 44.6 Å². The van der Waals surface area contributed by atoms with Crippen molar-refractivity contribution in [3.8, 4) is 0 Å². The minimum Gasteiger partial charge on any atom is -0.300 e. The molecule has 3 rings (SSSR count). The van der Waals surface area contributed by atoms with Crippen LogP contribution in [0.25, 0.3) is 5.57 Å². The quantitative estimate of drug-likeness (QED) is 0.509. The van der Waals surface area contributed by atoms with Crippen LogP contribution in [-0.4, -0.2) is 5.78 Å². The van der Waals surface area contributed by atoms with Crippen LogP contribution in [0.5, 0.6) is 0 Å². The summed E-state index contributed by atoms with van der Waals surface area (Å²) in [4.78, 5) is 11.2. The number of benzene rings is 1. The summed E-state index contributed by atoms with van der Waals surface area (Å²) in [7, 11) is 0. The van der Waals surface area contributed by atoms with Gasteiger partial charge in [-0.05, 0) is 85.4 Å². The number of Topliss-reactive ketones (excluding diaryl/α,β-unsaturated/α-hetero) is 1. The van der Waals surface area contributed by atoms with Crippen molar-refractivity contribution in [1.82, 2.24) is 0 Å². The average Bonchev–Trinajstić information content (AvgIpc) is 3.17. The first kappa shape index (κ1) is 19.4. The minimum atomic E-state index is 0.265. The number of aryl methyl sites for hydroxylation is 2. The van der Waals surface area contributed by atoms with Gasteiger partial charge in [-0.25, -0.2) is 0 Å². The van der Waals surface area contributed by atoms with E-state index in [0.717, 1.165) is 25.7 Å². The third-order valence-corrected chi connectivity index (χ3v) is 5.90. The minimum absolute atomic E-state index is 0.265. The summed E-state index contributed by atoms with van der Waals surface area (Å²) < 4.78 is 0. The normalized spacial score (nSPS) is 21.0. The molecule has 0 bridgehead atoms. The molecule has 1 fully saturated rings. The lowest BCUT2D eigenvalue weighted by Crippen LogP contribution is -2.00. The summed E-state index contributed by atoms with van der Waals surface area (Å²) in [6.07, 6.45) is 11.2. The van der Waals surface area contributed by atoms with E-state index in [4.69, 9.17) is 0 Å². The van der Waals surface area contributed by atoms with Gasteiger partial charge in [-0.1, -0.05) is 55.2 Å². The molecule has 2 aliphatic carbocycles. The molecule has 27 heavy (non-hydrogen) atoms. The summed E-state index contributed by atoms with van der Waals surface area (Å²) in [6.45, 7) is 14.6. The summed E-state index contributed by atoms with van der Waals surface area (Å²) in [5.74, 6) is 0.603. The van der Waals surface area contributed by atoms with Gasteiger partial charge < -0.3 is 4.79 Å². The largest absolute Gasteiger partial charge is 0.300 e. The highest BCUT2D eigenvalue weighted by Gasteiger charge is 2.27. The van der Waals surface area contributed by atoms with E-state index in [2.05, 4.69) is 63.4 Å². The van der Waals surface area contributed by atoms with Crippen LogP contribution in [0.4, 0.5) is 0 Å². The molecule has 0 saturated heterocycles. The van der Waals surface area contributed by atoms with Gasteiger partial charge in [-0.15, -0.1) is 0 Å². The third kappa shape index (κ3) is 4.47. The van der Waals surface area contributed by atoms with Crippen LogP contribution in [0.15, 0.2) is 71.9 Å². The molecule has 1 aromatic rings. The maximum Gasteiger partial charge on any atom is 0.129 e. The summed E-state index contributed by atoms with van der Waals surface area (Å²) in [6, 6.07) is 6.71. The Morgan fingerprint density at radius 3 is 2.63 bits per heavy atom. The second-order valence-corrected chi connectivity index (χ2v) is 8.09. The number of hydrogen-bond donors (Lipinski definition) is 0. The number of hydrogen-bond acceptors (Lipinski definition) is 1. The van der Waals surface area contributed by atoms with E-state index in [0.29, 0.717) is 12.3 Å². The molecule has 1 nitrogen and oxygen atoms in total. The first-order valence-electron chi connectivity index (χ1n) is 9.89. The number of ketones is 1. The lowest BCUT2D eigenvalue weighted by Gasteiger charge is -2.12. The average molecular weight is 359 g/mol. The number of carbonyl (C=O) groups is 1. The molecule has 0 radical (unpaired) electrons. The van der Waals surface area contributed by atoms with Crippen molar-refractivity contribution in [3.05, 3.63) is 88.6 Å². The van der Waals surface area contributed by atoms with E-state index in [1.54, 1.807) is 6.92 Å². The van der Waals surface area contributed by atoms with Gasteiger partial charge in [0.25, 0.3) is 0 Å². The Morgan fingerprint density at radius 2 is 1.93 bits per heavy atom. The lowest BCUT2D eigenvalue weighted by atomic mass is 9.93. The number of rotatable bonds is 6. The van der Waals surface area contributed by atoms with Crippen molar-refractivity contribution in [2.24, 2.45) is 5.92 Å². The predicted octanol–water partition coefficient (Wildman–Crippen LogP) is 6.83. The predicted molar refractivity (Wildman–Crippen MR) is 116 cm³/mol. The van der Waals surface area contributed by atoms with Crippen LogP contribution < -0.4 is 0 Å². The standard InChI is InChI=1S/C26H30O/c1-17-9-11-23(13-18(17)2)24-12-10-22(15-24)16-25-14-19(3)26(21(25)5)8-6-7-20(4)27/h9-13,16,26H,3,5-8,14-15H2,1-2,4H3. The van der Waals surface area contributed by atoms with Gasteiger partial charge in [-0.3, -0.25) is 0 Å². The van der Waals surface area contributed by atoms with E-state index < -0.39 is 0 Å². The number of carbonyl (C=O) groups excluding carboxylic acids is 1. The van der Waals surface area contributed by atoms with Gasteiger partial charge >= 0.3 is 0 Å². The fourth-order valence-electron chi connectivity index (χ4n) is 4.04. The first-order valence-corrected chi connectivity index (χ1v) is 9.89. The highest BCUT2D eigenvalue weighted by Crippen LogP contribution is 2.42. The van der Waals surface area contributed by atoms with E-state index in [9.17, 15) is 4.79 Å². The molecule has 0 spiro atoms. The second-order valence-electron chi connectivity index (χ2n) is 8.09. The molecule has 1 saturated carbocycles. The van der Waals surface area contributed by atoms with Crippen LogP contribution in [0.2, 0.25) is 0 Å². The molecule has 0 aromatic heterocycles. The van der Waals surface area contributed by atoms with Gasteiger partial charge in [0.2, 0.25) is 0 Å². The smallest absolute Gasteiger partial charge is 0.129 e. The third-order valence-electron chi connectivity index (χ3n) is 5.90. The van der Waals surface area contributed by atoms with Crippen molar-refractivity contribution in [2.45, 2.75) is 52.9 Å². The van der Waals surface area contributed by atoms with Gasteiger partial charge in [0.1, 0.15) is 5.78 Å². The van der Waals surface area contributed by atoms with Gasteiger partial charge in [0, 0.05) is 12.3 Å². The lowest BCUT2D eigenvalue weighted by molar-refractivity contribution is -0.117. The zero-order chi connectivity index (χ0) is 19.6. The van der Waals surface area contributed by atoms with E-state index in [1.807, 2.05) is 0 Å². The van der Waals surface area contributed by atoms with Crippen molar-refractivity contribution in [2.75, 3.05) is 0 Å². The first-order chi connectivity index (χ1) is 12.8. The highest BCUT2D eigenvalue weighted by molar-refractivity contribution is 5.75. The molecule has 1 aromatic carbocycles. The topological polar surface area (TPSA) is 17.1 Å². The number of allylic oxidation sites excluding steroid dienone is 8. The Bertz CT molecular complexity index is 889. The molecular weight excluding hydrogens is 328 g/mol. The van der Waals surface area contributed by atoms with Crippen molar-refractivity contribution >= 4 is 11.4 Å². The zero-order valence-electron chi connectivity index (χ0n) is 16.9. The summed E-state index contributed by atoms with van der Waals surface area (Å²) >= 11 is 0. The molecule has 1 atom stereocenters. The van der Waals surface area contributed by atoms with Crippen molar-refractivity contribution in [3.63, 3.8) is 0 Å². The zero-order valence-corrected chi connectivity index (χ0v) is 16.9. The van der Waals surface area contributed by atoms with E-state index in [-0.39, 0.29) is 5.78 Å². The maximum absolute atomic E-state index is 11.2. The Kier molecular flexibility index (Phi) is 5.79. The monoisotopic (exact) mass is 358 g/mol. The molecule has 0 heterocycles. The fourth-order valence-corrected chi connectivity index (χ4v) is 4.04. The van der Waals surface area contributed by atoms with E-state index >= 15 is 0 Å². The van der Waals surface area contributed by atoms with Gasteiger partial charge in [0.05, 0.1) is 0 Å². The van der Waals surface area contributed by atoms with Crippen molar-refractivity contribution in [1.29, 1.82) is 0 Å². The van der Waals surface area contributed by atoms with Crippen LogP contribution in [0.3, 0.4) is 0 Å². The fraction of sp³-hybridized carbons (Fsp3) is 0.346. The van der Waals surface area contributed by atoms with Crippen LogP contribution in [0.1, 0.15) is 55.7 Å². The summed E-state index contributed by atoms with van der Waals surface area (Å²) in [5, 5.41) is 0. The Labute approximate surface area is 163 Å². The Balaban J connectivity index is 1.64. The Morgan fingerprint density at radius 1 is 1.15 bits per heavy atom. The molecule has 0 amide bonds. The SMILES string of the molecule is C=C1CC(=CC2=CC=C(c3ccc(C)c(C)c3)C2)C(=C)C1CCCC(C)=O. The van der Waals surface area contributed by atoms with Crippen LogP contribution in [0, 0.1) is 19.8 Å². The van der Waals surface area contributed by atoms with Crippen LogP contribution >= 0.6 is 0 Å². The highest BCUT2D eigenvalue weighted by atomic mass is 16.1. The molecule has 1 heteroatoms. The molecule has 140 valence electrons. The van der Waals surface area contributed by atoms with Crippen molar-refractivity contribution < 1.29 is 4.79 Å². The van der Waals surface area contributed by atoms with Gasteiger partial charge in [0.15, 0.2) is 0 Å².